The molecule has 1 unspecified atom stereocenters. The molecule has 92 valence electrons. The molecule has 1 atom stereocenters. The lowest BCUT2D eigenvalue weighted by atomic mass is 10.1. The van der Waals surface area contributed by atoms with Gasteiger partial charge in [0.1, 0.15) is 5.82 Å². The van der Waals surface area contributed by atoms with E-state index in [1.54, 1.807) is 7.11 Å². The number of nitrogens with one attached hydrogen (secondary N) is 1. The first kappa shape index (κ1) is 13.6. The zero-order chi connectivity index (χ0) is 12.7. The van der Waals surface area contributed by atoms with Gasteiger partial charge in [0.25, 0.3) is 0 Å². The lowest BCUT2D eigenvalue weighted by Gasteiger charge is -2.16. The van der Waals surface area contributed by atoms with Crippen LogP contribution in [0.25, 0.3) is 0 Å². The van der Waals surface area contributed by atoms with Crippen molar-refractivity contribution < 1.29 is 9.13 Å². The Bertz CT molecular complexity index is 401. The summed E-state index contributed by atoms with van der Waals surface area (Å²) < 4.78 is 18.1. The van der Waals surface area contributed by atoms with Crippen LogP contribution in [0.1, 0.15) is 24.5 Å². The van der Waals surface area contributed by atoms with Gasteiger partial charge < -0.3 is 10.1 Å². The summed E-state index contributed by atoms with van der Waals surface area (Å²) in [6.07, 6.45) is 0.922. The molecule has 0 bridgehead atoms. The predicted molar refractivity (Wildman–Crippen MR) is 63.9 cm³/mol. The second-order valence-corrected chi connectivity index (χ2v) is 3.85. The Kier molecular flexibility index (Phi) is 5.61. The van der Waals surface area contributed by atoms with E-state index in [2.05, 4.69) is 11.4 Å². The van der Waals surface area contributed by atoms with Crippen molar-refractivity contribution in [2.45, 2.75) is 25.9 Å². The fraction of sp³-hybridized carbons (Fsp3) is 0.462. The quantitative estimate of drug-likeness (QED) is 0.823. The third-order valence-corrected chi connectivity index (χ3v) is 2.63. The molecule has 0 aromatic heterocycles. The van der Waals surface area contributed by atoms with Crippen molar-refractivity contribution in [1.29, 1.82) is 5.26 Å². The van der Waals surface area contributed by atoms with Gasteiger partial charge in [0.05, 0.1) is 18.2 Å². The van der Waals surface area contributed by atoms with E-state index in [-0.39, 0.29) is 11.9 Å². The molecular formula is C13H17FN2O. The van der Waals surface area contributed by atoms with Crippen molar-refractivity contribution in [3.8, 4) is 6.07 Å². The van der Waals surface area contributed by atoms with Crippen LogP contribution >= 0.6 is 0 Å². The normalized spacial score (nSPS) is 12.1. The maximum atomic E-state index is 13.1. The van der Waals surface area contributed by atoms with Gasteiger partial charge in [-0.25, -0.2) is 4.39 Å². The van der Waals surface area contributed by atoms with Crippen LogP contribution in [-0.2, 0) is 11.3 Å². The Labute approximate surface area is 101 Å². The van der Waals surface area contributed by atoms with Gasteiger partial charge in [-0.1, -0.05) is 6.92 Å². The Morgan fingerprint density at radius 2 is 2.29 bits per heavy atom. The van der Waals surface area contributed by atoms with Crippen LogP contribution < -0.4 is 5.32 Å². The van der Waals surface area contributed by atoms with E-state index < -0.39 is 0 Å². The molecule has 1 N–H and O–H groups in total. The van der Waals surface area contributed by atoms with Crippen LogP contribution in [0.4, 0.5) is 4.39 Å². The highest BCUT2D eigenvalue weighted by molar-refractivity contribution is 5.37. The molecule has 0 aliphatic rings. The molecule has 1 aromatic rings. The third kappa shape index (κ3) is 4.14. The van der Waals surface area contributed by atoms with Crippen molar-refractivity contribution in [2.75, 3.05) is 13.7 Å². The van der Waals surface area contributed by atoms with Crippen LogP contribution in [0.3, 0.4) is 0 Å². The molecule has 0 saturated carbocycles. The topological polar surface area (TPSA) is 45.0 Å². The highest BCUT2D eigenvalue weighted by Crippen LogP contribution is 2.10. The first-order valence-electron chi connectivity index (χ1n) is 5.62. The van der Waals surface area contributed by atoms with Gasteiger partial charge in [-0.05, 0) is 30.2 Å². The molecule has 0 heterocycles. The smallest absolute Gasteiger partial charge is 0.123 e. The van der Waals surface area contributed by atoms with Crippen LogP contribution in [0.5, 0.6) is 0 Å². The number of hydrogen-bond donors (Lipinski definition) is 1. The number of nitriles is 1. The molecule has 0 amide bonds. The largest absolute Gasteiger partial charge is 0.383 e. The summed E-state index contributed by atoms with van der Waals surface area (Å²) in [5.41, 5.74) is 1.19. The van der Waals surface area contributed by atoms with Gasteiger partial charge in [0.15, 0.2) is 0 Å². The minimum Gasteiger partial charge on any atom is -0.383 e. The van der Waals surface area contributed by atoms with E-state index in [1.165, 1.54) is 18.2 Å². The number of hydrogen-bond acceptors (Lipinski definition) is 3. The maximum absolute atomic E-state index is 13.1. The molecule has 1 aromatic carbocycles. The summed E-state index contributed by atoms with van der Waals surface area (Å²) in [4.78, 5) is 0. The van der Waals surface area contributed by atoms with Crippen molar-refractivity contribution in [2.24, 2.45) is 0 Å². The number of nitrogens with zero attached hydrogens (tertiary/aromatic N) is 1. The number of ether oxygens (including phenoxy) is 1. The Morgan fingerprint density at radius 3 is 2.88 bits per heavy atom. The SMILES string of the molecule is CCC(COC)NCc1cc(F)ccc1C#N. The van der Waals surface area contributed by atoms with Crippen molar-refractivity contribution in [3.63, 3.8) is 0 Å². The zero-order valence-corrected chi connectivity index (χ0v) is 10.2. The van der Waals surface area contributed by atoms with E-state index in [0.29, 0.717) is 24.3 Å². The molecule has 0 saturated heterocycles. The average molecular weight is 236 g/mol. The van der Waals surface area contributed by atoms with E-state index in [4.69, 9.17) is 10.00 Å². The Morgan fingerprint density at radius 1 is 1.53 bits per heavy atom. The van der Waals surface area contributed by atoms with Gasteiger partial charge in [0.2, 0.25) is 0 Å². The molecule has 0 aliphatic carbocycles. The number of methoxy groups -OCH3 is 1. The molecule has 0 radical (unpaired) electrons. The fourth-order valence-electron chi connectivity index (χ4n) is 1.59. The molecule has 0 aliphatic heterocycles. The lowest BCUT2D eigenvalue weighted by molar-refractivity contribution is 0.164. The summed E-state index contributed by atoms with van der Waals surface area (Å²) in [5.74, 6) is -0.319. The first-order valence-corrected chi connectivity index (χ1v) is 5.62. The Balaban J connectivity index is 2.68. The summed E-state index contributed by atoms with van der Waals surface area (Å²) in [7, 11) is 1.65. The standard InChI is InChI=1S/C13H17FN2O/c1-3-13(9-17-2)16-8-11-6-12(14)5-4-10(11)7-15/h4-6,13,16H,3,8-9H2,1-2H3. The first-order chi connectivity index (χ1) is 8.21. The molecule has 0 fully saturated rings. The fourth-order valence-corrected chi connectivity index (χ4v) is 1.59. The maximum Gasteiger partial charge on any atom is 0.123 e. The summed E-state index contributed by atoms with van der Waals surface area (Å²) in [6.45, 7) is 3.13. The minimum absolute atomic E-state index is 0.217. The average Bonchev–Trinajstić information content (AvgIpc) is 2.34. The van der Waals surface area contributed by atoms with Crippen molar-refractivity contribution in [1.82, 2.24) is 5.32 Å². The number of rotatable bonds is 6. The van der Waals surface area contributed by atoms with Gasteiger partial charge in [-0.2, -0.15) is 5.26 Å². The second kappa shape index (κ2) is 7.00. The van der Waals surface area contributed by atoms with E-state index in [0.717, 1.165) is 6.42 Å². The van der Waals surface area contributed by atoms with Gasteiger partial charge in [-0.3, -0.25) is 0 Å². The highest BCUT2D eigenvalue weighted by atomic mass is 19.1. The van der Waals surface area contributed by atoms with Crippen LogP contribution in [0, 0.1) is 17.1 Å². The van der Waals surface area contributed by atoms with Gasteiger partial charge in [0, 0.05) is 19.7 Å². The molecule has 17 heavy (non-hydrogen) atoms. The predicted octanol–water partition coefficient (Wildman–Crippen LogP) is 2.21. The van der Waals surface area contributed by atoms with Crippen molar-refractivity contribution in [3.05, 3.63) is 35.1 Å². The molecule has 3 nitrogen and oxygen atoms in total. The summed E-state index contributed by atoms with van der Waals surface area (Å²) in [5, 5.41) is 12.2. The number of halogens is 1. The number of benzene rings is 1. The molecular weight excluding hydrogens is 219 g/mol. The minimum atomic E-state index is -0.319. The summed E-state index contributed by atoms with van der Waals surface area (Å²) in [6, 6.07) is 6.47. The van der Waals surface area contributed by atoms with Gasteiger partial charge >= 0.3 is 0 Å². The highest BCUT2D eigenvalue weighted by Gasteiger charge is 2.08. The second-order valence-electron chi connectivity index (χ2n) is 3.85. The molecule has 1 rings (SSSR count). The van der Waals surface area contributed by atoms with E-state index >= 15 is 0 Å². The monoisotopic (exact) mass is 236 g/mol. The zero-order valence-electron chi connectivity index (χ0n) is 10.2. The molecule has 4 heteroatoms. The Hall–Kier alpha value is -1.44. The lowest BCUT2D eigenvalue weighted by Crippen LogP contribution is -2.32. The van der Waals surface area contributed by atoms with Gasteiger partial charge in [-0.15, -0.1) is 0 Å². The van der Waals surface area contributed by atoms with E-state index in [1.807, 2.05) is 6.92 Å². The third-order valence-electron chi connectivity index (χ3n) is 2.63. The van der Waals surface area contributed by atoms with E-state index in [9.17, 15) is 4.39 Å². The summed E-state index contributed by atoms with van der Waals surface area (Å²) >= 11 is 0. The van der Waals surface area contributed by atoms with Crippen molar-refractivity contribution >= 4 is 0 Å². The van der Waals surface area contributed by atoms with Crippen LogP contribution in [-0.4, -0.2) is 19.8 Å². The van der Waals surface area contributed by atoms with Crippen LogP contribution in [0.15, 0.2) is 18.2 Å². The van der Waals surface area contributed by atoms with Crippen LogP contribution in [0.2, 0.25) is 0 Å². The molecule has 0 spiro atoms.